The molecule has 1 aromatic rings. The number of fused-ring (bicyclic) bond motifs is 1. The van der Waals surface area contributed by atoms with Crippen molar-refractivity contribution in [2.45, 2.75) is 51.4 Å². The van der Waals surface area contributed by atoms with E-state index in [1.165, 1.54) is 43.2 Å². The molecule has 23 heavy (non-hydrogen) atoms. The fraction of sp³-hybridized carbons (Fsp3) is 0.632. The summed E-state index contributed by atoms with van der Waals surface area (Å²) in [5.74, 6) is 1.54. The lowest BCUT2D eigenvalue weighted by Gasteiger charge is -2.26. The zero-order chi connectivity index (χ0) is 16.1. The number of guanidine groups is 1. The molecule has 0 spiro atoms. The van der Waals surface area contributed by atoms with Crippen LogP contribution in [0.5, 0.6) is 0 Å². The number of aliphatic hydroxyl groups is 1. The van der Waals surface area contributed by atoms with E-state index in [1.54, 1.807) is 0 Å². The summed E-state index contributed by atoms with van der Waals surface area (Å²) in [5, 5.41) is 12.6. The summed E-state index contributed by atoms with van der Waals surface area (Å²) in [6.07, 6.45) is 9.48. The number of hydrogen-bond donors (Lipinski definition) is 3. The molecule has 4 N–H and O–H groups in total. The van der Waals surface area contributed by atoms with Gasteiger partial charge >= 0.3 is 0 Å². The fourth-order valence-electron chi connectivity index (χ4n) is 4.04. The van der Waals surface area contributed by atoms with E-state index in [0.29, 0.717) is 24.4 Å². The first kappa shape index (κ1) is 16.3. The molecule has 1 aromatic carbocycles. The Balaban J connectivity index is 1.59. The predicted molar refractivity (Wildman–Crippen MR) is 95.7 cm³/mol. The molecule has 0 heterocycles. The van der Waals surface area contributed by atoms with Crippen LogP contribution in [0.4, 0.5) is 5.69 Å². The van der Waals surface area contributed by atoms with E-state index < -0.39 is 0 Å². The first-order chi connectivity index (χ1) is 11.3. The second-order valence-electron chi connectivity index (χ2n) is 7.08. The minimum atomic E-state index is 0.310. The molecule has 4 heteroatoms. The molecule has 0 bridgehead atoms. The quantitative estimate of drug-likeness (QED) is 0.590. The van der Waals surface area contributed by atoms with Gasteiger partial charge < -0.3 is 16.2 Å². The fourth-order valence-corrected chi connectivity index (χ4v) is 4.04. The molecule has 2 atom stereocenters. The van der Waals surface area contributed by atoms with Crippen molar-refractivity contribution in [2.75, 3.05) is 18.5 Å². The number of nitrogens with zero attached hydrogens (tertiary/aromatic N) is 1. The van der Waals surface area contributed by atoms with E-state index in [9.17, 15) is 5.11 Å². The molecule has 1 fully saturated rings. The summed E-state index contributed by atoms with van der Waals surface area (Å²) < 4.78 is 0. The van der Waals surface area contributed by atoms with Crippen LogP contribution in [-0.2, 0) is 12.8 Å². The molecular formula is C19H29N3O. The van der Waals surface area contributed by atoms with Gasteiger partial charge in [0.25, 0.3) is 0 Å². The SMILES string of the molecule is NC(=NC[C@H]1CCC[C@@H](CO)C1)Nc1cccc2c1CCCC2. The maximum Gasteiger partial charge on any atom is 0.193 e. The van der Waals surface area contributed by atoms with Gasteiger partial charge in [-0.05, 0) is 74.0 Å². The van der Waals surface area contributed by atoms with Crippen molar-refractivity contribution in [2.24, 2.45) is 22.6 Å². The van der Waals surface area contributed by atoms with Gasteiger partial charge in [0.15, 0.2) is 5.96 Å². The Kier molecular flexibility index (Phi) is 5.55. The maximum absolute atomic E-state index is 9.32. The maximum atomic E-state index is 9.32. The highest BCUT2D eigenvalue weighted by atomic mass is 16.3. The van der Waals surface area contributed by atoms with Crippen molar-refractivity contribution in [3.63, 3.8) is 0 Å². The second-order valence-corrected chi connectivity index (χ2v) is 7.08. The minimum Gasteiger partial charge on any atom is -0.396 e. The summed E-state index contributed by atoms with van der Waals surface area (Å²) in [5.41, 5.74) is 10.1. The predicted octanol–water partition coefficient (Wildman–Crippen LogP) is 3.09. The lowest BCUT2D eigenvalue weighted by molar-refractivity contribution is 0.163. The van der Waals surface area contributed by atoms with Crippen molar-refractivity contribution >= 4 is 11.6 Å². The zero-order valence-corrected chi connectivity index (χ0v) is 13.9. The molecular weight excluding hydrogens is 286 g/mol. The van der Waals surface area contributed by atoms with Gasteiger partial charge in [-0.25, -0.2) is 0 Å². The molecule has 4 nitrogen and oxygen atoms in total. The van der Waals surface area contributed by atoms with Gasteiger partial charge in [-0.2, -0.15) is 0 Å². The van der Waals surface area contributed by atoms with Crippen LogP contribution in [0.3, 0.4) is 0 Å². The minimum absolute atomic E-state index is 0.310. The van der Waals surface area contributed by atoms with Crippen molar-refractivity contribution < 1.29 is 5.11 Å². The first-order valence-electron chi connectivity index (χ1n) is 9.05. The summed E-state index contributed by atoms with van der Waals surface area (Å²) in [6, 6.07) is 6.44. The summed E-state index contributed by atoms with van der Waals surface area (Å²) in [7, 11) is 0. The number of nitrogens with one attached hydrogen (secondary N) is 1. The summed E-state index contributed by atoms with van der Waals surface area (Å²) >= 11 is 0. The highest BCUT2D eigenvalue weighted by molar-refractivity contribution is 5.93. The molecule has 0 saturated heterocycles. The van der Waals surface area contributed by atoms with Crippen LogP contribution in [0.2, 0.25) is 0 Å². The molecule has 1 saturated carbocycles. The summed E-state index contributed by atoms with van der Waals surface area (Å²) in [4.78, 5) is 4.56. The van der Waals surface area contributed by atoms with Crippen LogP contribution in [0.1, 0.15) is 49.7 Å². The van der Waals surface area contributed by atoms with E-state index in [4.69, 9.17) is 5.73 Å². The Labute approximate surface area is 139 Å². The number of anilines is 1. The smallest absolute Gasteiger partial charge is 0.193 e. The van der Waals surface area contributed by atoms with Crippen LogP contribution >= 0.6 is 0 Å². The normalized spacial score (nSPS) is 25.0. The molecule has 126 valence electrons. The highest BCUT2D eigenvalue weighted by Gasteiger charge is 2.21. The standard InChI is InChI=1S/C19H29N3O/c20-19(21-12-14-5-3-6-15(11-14)13-23)22-18-10-4-8-16-7-1-2-9-17(16)18/h4,8,10,14-15,23H,1-3,5-7,9,11-13H2,(H3,20,21,22)/t14-,15+/m0/s1. The number of aryl methyl sites for hydroxylation is 1. The molecule has 3 rings (SSSR count). The van der Waals surface area contributed by atoms with Crippen LogP contribution < -0.4 is 11.1 Å². The lowest BCUT2D eigenvalue weighted by Crippen LogP contribution is -2.26. The summed E-state index contributed by atoms with van der Waals surface area (Å²) in [6.45, 7) is 1.08. The molecule has 0 amide bonds. The van der Waals surface area contributed by atoms with Gasteiger partial charge in [0.1, 0.15) is 0 Å². The number of benzene rings is 1. The molecule has 0 aliphatic heterocycles. The van der Waals surface area contributed by atoms with Gasteiger partial charge in [-0.3, -0.25) is 4.99 Å². The Morgan fingerprint density at radius 1 is 1.17 bits per heavy atom. The molecule has 2 aliphatic carbocycles. The van der Waals surface area contributed by atoms with Crippen LogP contribution in [0.25, 0.3) is 0 Å². The van der Waals surface area contributed by atoms with Crippen molar-refractivity contribution in [1.29, 1.82) is 0 Å². The third-order valence-electron chi connectivity index (χ3n) is 5.33. The van der Waals surface area contributed by atoms with Crippen molar-refractivity contribution in [3.8, 4) is 0 Å². The number of rotatable bonds is 4. The van der Waals surface area contributed by atoms with Crippen LogP contribution in [0, 0.1) is 11.8 Å². The van der Waals surface area contributed by atoms with Crippen molar-refractivity contribution in [3.05, 3.63) is 29.3 Å². The van der Waals surface area contributed by atoms with E-state index in [1.807, 2.05) is 0 Å². The van der Waals surface area contributed by atoms with Crippen LogP contribution in [0.15, 0.2) is 23.2 Å². The average molecular weight is 315 g/mol. The Morgan fingerprint density at radius 2 is 2.00 bits per heavy atom. The largest absolute Gasteiger partial charge is 0.396 e. The van der Waals surface area contributed by atoms with Gasteiger partial charge in [0, 0.05) is 18.8 Å². The molecule has 0 unspecified atom stereocenters. The lowest BCUT2D eigenvalue weighted by atomic mass is 9.82. The first-order valence-corrected chi connectivity index (χ1v) is 9.05. The van der Waals surface area contributed by atoms with Crippen LogP contribution in [-0.4, -0.2) is 24.2 Å². The molecule has 0 aromatic heterocycles. The van der Waals surface area contributed by atoms with E-state index in [0.717, 1.165) is 31.5 Å². The van der Waals surface area contributed by atoms with E-state index in [-0.39, 0.29) is 0 Å². The number of aliphatic hydroxyl groups excluding tert-OH is 1. The molecule has 0 radical (unpaired) electrons. The topological polar surface area (TPSA) is 70.6 Å². The second kappa shape index (κ2) is 7.82. The number of aliphatic imine (C=N–C) groups is 1. The zero-order valence-electron chi connectivity index (χ0n) is 13.9. The van der Waals surface area contributed by atoms with Gasteiger partial charge in [0.05, 0.1) is 0 Å². The number of nitrogens with two attached hydrogens (primary N) is 1. The average Bonchev–Trinajstić information content (AvgIpc) is 2.60. The highest BCUT2D eigenvalue weighted by Crippen LogP contribution is 2.29. The number of hydrogen-bond acceptors (Lipinski definition) is 2. The third-order valence-corrected chi connectivity index (χ3v) is 5.33. The monoisotopic (exact) mass is 315 g/mol. The Morgan fingerprint density at radius 3 is 2.87 bits per heavy atom. The van der Waals surface area contributed by atoms with Crippen molar-refractivity contribution in [1.82, 2.24) is 0 Å². The van der Waals surface area contributed by atoms with Gasteiger partial charge in [-0.1, -0.05) is 18.6 Å². The van der Waals surface area contributed by atoms with E-state index in [2.05, 4.69) is 28.5 Å². The van der Waals surface area contributed by atoms with Gasteiger partial charge in [0.2, 0.25) is 0 Å². The van der Waals surface area contributed by atoms with Gasteiger partial charge in [-0.15, -0.1) is 0 Å². The Bertz CT molecular complexity index is 556. The third kappa shape index (κ3) is 4.25. The Hall–Kier alpha value is -1.55. The van der Waals surface area contributed by atoms with E-state index >= 15 is 0 Å². The molecule has 2 aliphatic rings.